The molecule has 0 saturated heterocycles. The number of halogens is 1. The molecule has 15 heavy (non-hydrogen) atoms. The van der Waals surface area contributed by atoms with Gasteiger partial charge in [-0.2, -0.15) is 5.10 Å². The van der Waals surface area contributed by atoms with Crippen LogP contribution in [0.25, 0.3) is 0 Å². The predicted octanol–water partition coefficient (Wildman–Crippen LogP) is 2.30. The molecule has 4 nitrogen and oxygen atoms in total. The van der Waals surface area contributed by atoms with Gasteiger partial charge in [-0.1, -0.05) is 18.5 Å². The first-order chi connectivity index (χ1) is 7.07. The normalized spacial score (nSPS) is 10.7. The SMILES string of the molecule is CCCNc1cnn(C(C)C)c(=O)c1Cl. The molecule has 0 amide bonds. The zero-order chi connectivity index (χ0) is 11.4. The van der Waals surface area contributed by atoms with Crippen LogP contribution in [-0.2, 0) is 0 Å². The van der Waals surface area contributed by atoms with E-state index in [2.05, 4.69) is 10.4 Å². The molecule has 84 valence electrons. The number of rotatable bonds is 4. The Morgan fingerprint density at radius 3 is 2.80 bits per heavy atom. The van der Waals surface area contributed by atoms with Gasteiger partial charge >= 0.3 is 0 Å². The summed E-state index contributed by atoms with van der Waals surface area (Å²) >= 11 is 5.94. The Morgan fingerprint density at radius 2 is 2.27 bits per heavy atom. The summed E-state index contributed by atoms with van der Waals surface area (Å²) in [5.41, 5.74) is 0.369. The molecule has 1 rings (SSSR count). The standard InChI is InChI=1S/C10H16ClN3O/c1-4-5-12-8-6-13-14(7(2)3)10(15)9(8)11/h6-7,12H,4-5H2,1-3H3. The van der Waals surface area contributed by atoms with Crippen LogP contribution in [0.2, 0.25) is 5.02 Å². The van der Waals surface area contributed by atoms with Gasteiger partial charge in [0.05, 0.1) is 17.9 Å². The third-order valence-electron chi connectivity index (χ3n) is 2.00. The number of hydrogen-bond donors (Lipinski definition) is 1. The molecule has 0 fully saturated rings. The minimum absolute atomic E-state index is 0.0234. The number of aromatic nitrogens is 2. The minimum Gasteiger partial charge on any atom is -0.382 e. The minimum atomic E-state index is -0.243. The van der Waals surface area contributed by atoms with Crippen molar-refractivity contribution in [2.75, 3.05) is 11.9 Å². The third kappa shape index (κ3) is 2.72. The Balaban J connectivity index is 3.05. The fraction of sp³-hybridized carbons (Fsp3) is 0.600. The second kappa shape index (κ2) is 5.16. The van der Waals surface area contributed by atoms with Gasteiger partial charge in [-0.3, -0.25) is 4.79 Å². The number of hydrogen-bond acceptors (Lipinski definition) is 3. The third-order valence-corrected chi connectivity index (χ3v) is 2.36. The maximum Gasteiger partial charge on any atom is 0.287 e. The van der Waals surface area contributed by atoms with E-state index in [0.29, 0.717) is 5.69 Å². The molecule has 1 aromatic rings. The molecule has 0 atom stereocenters. The fourth-order valence-corrected chi connectivity index (χ4v) is 1.40. The van der Waals surface area contributed by atoms with Crippen LogP contribution >= 0.6 is 11.6 Å². The molecule has 0 bridgehead atoms. The summed E-state index contributed by atoms with van der Waals surface area (Å²) in [6, 6.07) is 0.0234. The van der Waals surface area contributed by atoms with Crippen LogP contribution in [-0.4, -0.2) is 16.3 Å². The van der Waals surface area contributed by atoms with E-state index in [1.807, 2.05) is 20.8 Å². The highest BCUT2D eigenvalue weighted by Crippen LogP contribution is 2.15. The largest absolute Gasteiger partial charge is 0.382 e. The highest BCUT2D eigenvalue weighted by molar-refractivity contribution is 6.32. The lowest BCUT2D eigenvalue weighted by atomic mass is 10.3. The quantitative estimate of drug-likeness (QED) is 0.862. The van der Waals surface area contributed by atoms with Crippen molar-refractivity contribution in [1.82, 2.24) is 9.78 Å². The van der Waals surface area contributed by atoms with E-state index in [4.69, 9.17) is 11.6 Å². The van der Waals surface area contributed by atoms with E-state index >= 15 is 0 Å². The smallest absolute Gasteiger partial charge is 0.287 e. The number of nitrogens with one attached hydrogen (secondary N) is 1. The van der Waals surface area contributed by atoms with E-state index in [9.17, 15) is 4.79 Å². The lowest BCUT2D eigenvalue weighted by Gasteiger charge is -2.11. The van der Waals surface area contributed by atoms with Gasteiger partial charge in [0, 0.05) is 6.54 Å². The van der Waals surface area contributed by atoms with Gasteiger partial charge in [0.15, 0.2) is 0 Å². The molecule has 5 heteroatoms. The molecule has 1 aromatic heterocycles. The summed E-state index contributed by atoms with van der Waals surface area (Å²) < 4.78 is 1.37. The van der Waals surface area contributed by atoms with Crippen molar-refractivity contribution in [3.63, 3.8) is 0 Å². The van der Waals surface area contributed by atoms with Crippen LogP contribution in [0.4, 0.5) is 5.69 Å². The van der Waals surface area contributed by atoms with Crippen LogP contribution in [0.1, 0.15) is 33.2 Å². The molecule has 0 spiro atoms. The maximum absolute atomic E-state index is 11.7. The summed E-state index contributed by atoms with van der Waals surface area (Å²) in [7, 11) is 0. The molecular formula is C10H16ClN3O. The molecule has 0 aromatic carbocycles. The molecule has 0 aliphatic heterocycles. The van der Waals surface area contributed by atoms with Crippen molar-refractivity contribution >= 4 is 17.3 Å². The molecule has 0 aliphatic rings. The van der Waals surface area contributed by atoms with Crippen LogP contribution in [0.5, 0.6) is 0 Å². The Bertz CT molecular complexity index is 387. The first kappa shape index (κ1) is 12.0. The van der Waals surface area contributed by atoms with E-state index < -0.39 is 0 Å². The lowest BCUT2D eigenvalue weighted by molar-refractivity contribution is 0.503. The van der Waals surface area contributed by atoms with Gasteiger partial charge in [0.2, 0.25) is 0 Å². The van der Waals surface area contributed by atoms with Crippen LogP contribution < -0.4 is 10.9 Å². The van der Waals surface area contributed by atoms with E-state index in [-0.39, 0.29) is 16.6 Å². The van der Waals surface area contributed by atoms with Gasteiger partial charge in [0.1, 0.15) is 5.02 Å². The molecule has 1 N–H and O–H groups in total. The van der Waals surface area contributed by atoms with Gasteiger partial charge in [-0.25, -0.2) is 4.68 Å². The molecule has 1 heterocycles. The summed E-state index contributed by atoms with van der Waals surface area (Å²) in [6.07, 6.45) is 2.57. The van der Waals surface area contributed by atoms with Crippen LogP contribution in [0.3, 0.4) is 0 Å². The van der Waals surface area contributed by atoms with E-state index in [1.54, 1.807) is 6.20 Å². The summed E-state index contributed by atoms with van der Waals surface area (Å²) in [5, 5.41) is 7.33. The molecule has 0 radical (unpaired) electrons. The molecule has 0 unspecified atom stereocenters. The van der Waals surface area contributed by atoms with Crippen molar-refractivity contribution in [2.24, 2.45) is 0 Å². The molecule has 0 aliphatic carbocycles. The van der Waals surface area contributed by atoms with Crippen LogP contribution in [0.15, 0.2) is 11.0 Å². The van der Waals surface area contributed by atoms with Crippen molar-refractivity contribution in [1.29, 1.82) is 0 Å². The average Bonchev–Trinajstić information content (AvgIpc) is 2.20. The summed E-state index contributed by atoms with van der Waals surface area (Å²) in [6.45, 7) is 6.62. The molecular weight excluding hydrogens is 214 g/mol. The lowest BCUT2D eigenvalue weighted by Crippen LogP contribution is -2.25. The highest BCUT2D eigenvalue weighted by atomic mass is 35.5. The van der Waals surface area contributed by atoms with Crippen molar-refractivity contribution < 1.29 is 0 Å². The Hall–Kier alpha value is -1.03. The van der Waals surface area contributed by atoms with E-state index in [0.717, 1.165) is 13.0 Å². The topological polar surface area (TPSA) is 46.9 Å². The average molecular weight is 230 g/mol. The fourth-order valence-electron chi connectivity index (χ4n) is 1.20. The van der Waals surface area contributed by atoms with Gasteiger partial charge < -0.3 is 5.32 Å². The van der Waals surface area contributed by atoms with Crippen molar-refractivity contribution in [3.05, 3.63) is 21.6 Å². The number of anilines is 1. The zero-order valence-electron chi connectivity index (χ0n) is 9.25. The Kier molecular flexibility index (Phi) is 4.15. The maximum atomic E-state index is 11.7. The first-order valence-corrected chi connectivity index (χ1v) is 5.47. The Labute approximate surface area is 94.3 Å². The van der Waals surface area contributed by atoms with Gasteiger partial charge in [-0.15, -0.1) is 0 Å². The summed E-state index contributed by atoms with van der Waals surface area (Å²) in [5.74, 6) is 0. The summed E-state index contributed by atoms with van der Waals surface area (Å²) in [4.78, 5) is 11.7. The number of nitrogens with zero attached hydrogens (tertiary/aromatic N) is 2. The van der Waals surface area contributed by atoms with E-state index in [1.165, 1.54) is 4.68 Å². The van der Waals surface area contributed by atoms with Crippen molar-refractivity contribution in [3.8, 4) is 0 Å². The van der Waals surface area contributed by atoms with Crippen LogP contribution in [0, 0.1) is 0 Å². The Morgan fingerprint density at radius 1 is 1.60 bits per heavy atom. The molecule has 0 saturated carbocycles. The van der Waals surface area contributed by atoms with Crippen molar-refractivity contribution in [2.45, 2.75) is 33.2 Å². The highest BCUT2D eigenvalue weighted by Gasteiger charge is 2.10. The van der Waals surface area contributed by atoms with Gasteiger partial charge in [0.25, 0.3) is 5.56 Å². The second-order valence-corrected chi connectivity index (χ2v) is 4.02. The monoisotopic (exact) mass is 229 g/mol. The van der Waals surface area contributed by atoms with Gasteiger partial charge in [-0.05, 0) is 20.3 Å². The second-order valence-electron chi connectivity index (χ2n) is 3.64. The zero-order valence-corrected chi connectivity index (χ0v) is 10.0. The predicted molar refractivity (Wildman–Crippen MR) is 62.7 cm³/mol. The first-order valence-electron chi connectivity index (χ1n) is 5.09.